The van der Waals surface area contributed by atoms with Crippen molar-refractivity contribution in [3.8, 4) is 11.5 Å². The fourth-order valence-corrected chi connectivity index (χ4v) is 3.48. The van der Waals surface area contributed by atoms with Crippen molar-refractivity contribution >= 4 is 21.9 Å². The number of ether oxygens (including phenoxy) is 3. The maximum Gasteiger partial charge on any atom is 0.330 e. The van der Waals surface area contributed by atoms with E-state index in [4.69, 9.17) is 9.47 Å². The molecule has 0 saturated carbocycles. The van der Waals surface area contributed by atoms with Gasteiger partial charge in [0, 0.05) is 12.6 Å². The Morgan fingerprint density at radius 2 is 1.87 bits per heavy atom. The number of rotatable bonds is 13. The van der Waals surface area contributed by atoms with Crippen molar-refractivity contribution in [3.05, 3.63) is 35.9 Å². The van der Waals surface area contributed by atoms with Crippen molar-refractivity contribution in [2.75, 3.05) is 33.1 Å². The van der Waals surface area contributed by atoms with Gasteiger partial charge in [0.05, 0.1) is 20.0 Å². The first-order valence-corrected chi connectivity index (χ1v) is 11.6. The topological polar surface area (TPSA) is 120 Å². The highest BCUT2D eigenvalue weighted by atomic mass is 32.2. The molecule has 0 aliphatic rings. The summed E-state index contributed by atoms with van der Waals surface area (Å²) in [5.74, 6) is -0.0711. The van der Waals surface area contributed by atoms with E-state index in [1.165, 1.54) is 33.3 Å². The normalized spacial score (nSPS) is 12.6. The van der Waals surface area contributed by atoms with Gasteiger partial charge in [0.25, 0.3) is 0 Å². The summed E-state index contributed by atoms with van der Waals surface area (Å²) < 4.78 is 41.5. The van der Waals surface area contributed by atoms with Gasteiger partial charge in [-0.05, 0) is 43.0 Å². The van der Waals surface area contributed by atoms with E-state index in [0.717, 1.165) is 5.56 Å². The number of hydrogen-bond acceptors (Lipinski definition) is 7. The van der Waals surface area contributed by atoms with Gasteiger partial charge in [0.15, 0.2) is 11.5 Å². The summed E-state index contributed by atoms with van der Waals surface area (Å²) in [5, 5.41) is 2.78. The van der Waals surface area contributed by atoms with Crippen LogP contribution in [0.1, 0.15) is 26.3 Å². The van der Waals surface area contributed by atoms with E-state index < -0.39 is 22.0 Å². The number of carbonyl (C=O) groups excluding carboxylic acids is 2. The predicted molar refractivity (Wildman–Crippen MR) is 118 cm³/mol. The van der Waals surface area contributed by atoms with Gasteiger partial charge >= 0.3 is 5.97 Å². The lowest BCUT2D eigenvalue weighted by Gasteiger charge is -2.21. The van der Waals surface area contributed by atoms with Crippen molar-refractivity contribution in [2.45, 2.75) is 33.2 Å². The molecule has 0 aromatic heterocycles. The second kappa shape index (κ2) is 13.0. The van der Waals surface area contributed by atoms with E-state index in [2.05, 4.69) is 14.8 Å². The zero-order valence-corrected chi connectivity index (χ0v) is 19.5. The van der Waals surface area contributed by atoms with Crippen molar-refractivity contribution in [1.29, 1.82) is 0 Å². The lowest BCUT2D eigenvalue weighted by molar-refractivity contribution is -0.134. The molecular formula is C21H32N2O7S. The van der Waals surface area contributed by atoms with E-state index in [0.29, 0.717) is 24.5 Å². The van der Waals surface area contributed by atoms with Crippen molar-refractivity contribution in [2.24, 2.45) is 5.92 Å². The molecule has 1 amide bonds. The molecule has 0 aliphatic heterocycles. The number of amides is 1. The molecule has 1 aromatic carbocycles. The molecular weight excluding hydrogens is 424 g/mol. The highest BCUT2D eigenvalue weighted by Crippen LogP contribution is 2.28. The van der Waals surface area contributed by atoms with Gasteiger partial charge in [-0.1, -0.05) is 19.9 Å². The Morgan fingerprint density at radius 1 is 1.16 bits per heavy atom. The highest BCUT2D eigenvalue weighted by molar-refractivity contribution is 7.89. The molecule has 9 nitrogen and oxygen atoms in total. The minimum Gasteiger partial charge on any atom is -0.493 e. The molecule has 1 atom stereocenters. The Balaban J connectivity index is 2.65. The molecule has 1 aromatic rings. The van der Waals surface area contributed by atoms with Gasteiger partial charge in [-0.25, -0.2) is 17.9 Å². The summed E-state index contributed by atoms with van der Waals surface area (Å²) in [6.45, 7) is 5.60. The lowest BCUT2D eigenvalue weighted by Crippen LogP contribution is -2.50. The van der Waals surface area contributed by atoms with Crippen LogP contribution >= 0.6 is 0 Å². The molecule has 0 radical (unpaired) electrons. The Bertz CT molecular complexity index is 866. The Labute approximate surface area is 184 Å². The van der Waals surface area contributed by atoms with Gasteiger partial charge in [-0.2, -0.15) is 0 Å². The molecule has 0 saturated heterocycles. The number of nitrogens with one attached hydrogen (secondary N) is 2. The Kier molecular flexibility index (Phi) is 11.1. The summed E-state index contributed by atoms with van der Waals surface area (Å²) >= 11 is 0. The Hall–Kier alpha value is -2.59. The molecule has 0 unspecified atom stereocenters. The first-order valence-electron chi connectivity index (χ1n) is 9.95. The van der Waals surface area contributed by atoms with E-state index in [1.54, 1.807) is 26.0 Å². The van der Waals surface area contributed by atoms with E-state index >= 15 is 0 Å². The van der Waals surface area contributed by atoms with Crippen LogP contribution in [0, 0.1) is 5.92 Å². The highest BCUT2D eigenvalue weighted by Gasteiger charge is 2.26. The number of benzene rings is 1. The number of methoxy groups -OCH3 is 2. The number of sulfonamides is 1. The third kappa shape index (κ3) is 9.39. The van der Waals surface area contributed by atoms with Crippen LogP contribution < -0.4 is 19.5 Å². The monoisotopic (exact) mass is 456 g/mol. The van der Waals surface area contributed by atoms with Gasteiger partial charge in [0.1, 0.15) is 12.6 Å². The summed E-state index contributed by atoms with van der Waals surface area (Å²) in [5.41, 5.74) is 0.907. The molecule has 31 heavy (non-hydrogen) atoms. The summed E-state index contributed by atoms with van der Waals surface area (Å²) in [7, 11) is -0.673. The molecule has 0 fully saturated rings. The zero-order chi connectivity index (χ0) is 23.4. The van der Waals surface area contributed by atoms with Crippen molar-refractivity contribution in [3.63, 3.8) is 0 Å². The smallest absolute Gasteiger partial charge is 0.330 e. The SMILES string of the molecule is CCS(=O)(=O)N[C@H](C(=O)NCCc1ccc(OCC=CC(=O)OC)c(OC)c1)C(C)C. The van der Waals surface area contributed by atoms with Crippen LogP contribution in [0.25, 0.3) is 0 Å². The zero-order valence-electron chi connectivity index (χ0n) is 18.6. The van der Waals surface area contributed by atoms with Gasteiger partial charge in [-0.3, -0.25) is 4.79 Å². The number of esters is 1. The third-order valence-corrected chi connectivity index (χ3v) is 5.74. The summed E-state index contributed by atoms with van der Waals surface area (Å²) in [6.07, 6.45) is 3.33. The largest absolute Gasteiger partial charge is 0.493 e. The second-order valence-electron chi connectivity index (χ2n) is 7.01. The number of carbonyl (C=O) groups is 2. The van der Waals surface area contributed by atoms with Crippen LogP contribution in [0.5, 0.6) is 11.5 Å². The second-order valence-corrected chi connectivity index (χ2v) is 9.05. The lowest BCUT2D eigenvalue weighted by atomic mass is 10.0. The fourth-order valence-electron chi connectivity index (χ4n) is 2.55. The van der Waals surface area contributed by atoms with Crippen molar-refractivity contribution < 1.29 is 32.2 Å². The average Bonchev–Trinajstić information content (AvgIpc) is 2.75. The van der Waals surface area contributed by atoms with Gasteiger partial charge in [-0.15, -0.1) is 0 Å². The standard InChI is InChI=1S/C21H32N2O7S/c1-6-31(26,27)23-20(15(2)3)21(25)22-12-11-16-9-10-17(18(14-16)28-4)30-13-7-8-19(24)29-5/h7-10,14-15,20,23H,6,11-13H2,1-5H3,(H,22,25)/t20-/m0/s1. The van der Waals surface area contributed by atoms with Crippen molar-refractivity contribution in [1.82, 2.24) is 10.0 Å². The molecule has 1 rings (SSSR count). The van der Waals surface area contributed by atoms with Gasteiger partial charge < -0.3 is 19.5 Å². The molecule has 174 valence electrons. The molecule has 0 spiro atoms. The van der Waals surface area contributed by atoms with E-state index in [9.17, 15) is 18.0 Å². The minimum absolute atomic E-state index is 0.0871. The van der Waals surface area contributed by atoms with Crippen LogP contribution in [-0.4, -0.2) is 59.5 Å². The fraction of sp³-hybridized carbons (Fsp3) is 0.524. The molecule has 10 heteroatoms. The molecule has 0 aliphatic carbocycles. The van der Waals surface area contributed by atoms with E-state index in [1.807, 2.05) is 6.07 Å². The Morgan fingerprint density at radius 3 is 2.45 bits per heavy atom. The number of hydrogen-bond donors (Lipinski definition) is 2. The van der Waals surface area contributed by atoms with Crippen LogP contribution in [0.4, 0.5) is 0 Å². The first-order chi connectivity index (χ1) is 14.6. The molecule has 0 bridgehead atoms. The van der Waals surface area contributed by atoms with E-state index in [-0.39, 0.29) is 24.2 Å². The third-order valence-electron chi connectivity index (χ3n) is 4.37. The van der Waals surface area contributed by atoms with Crippen LogP contribution in [-0.2, 0) is 30.8 Å². The minimum atomic E-state index is -3.49. The van der Waals surface area contributed by atoms with Crippen LogP contribution in [0.2, 0.25) is 0 Å². The van der Waals surface area contributed by atoms with Crippen LogP contribution in [0.15, 0.2) is 30.4 Å². The maximum absolute atomic E-state index is 12.4. The van der Waals surface area contributed by atoms with Crippen LogP contribution in [0.3, 0.4) is 0 Å². The maximum atomic E-state index is 12.4. The van der Waals surface area contributed by atoms with Gasteiger partial charge in [0.2, 0.25) is 15.9 Å². The molecule has 2 N–H and O–H groups in total. The summed E-state index contributed by atoms with van der Waals surface area (Å²) in [6, 6.07) is 4.56. The first kappa shape index (κ1) is 26.4. The average molecular weight is 457 g/mol. The summed E-state index contributed by atoms with van der Waals surface area (Å²) in [4.78, 5) is 23.5. The predicted octanol–water partition coefficient (Wildman–Crippen LogP) is 1.43. The molecule has 0 heterocycles. The quantitative estimate of drug-likeness (QED) is 0.340.